The summed E-state index contributed by atoms with van der Waals surface area (Å²) in [4.78, 5) is 17.8. The third-order valence-electron chi connectivity index (χ3n) is 1.45. The van der Waals surface area contributed by atoms with Crippen molar-refractivity contribution in [3.05, 3.63) is 23.2 Å². The van der Waals surface area contributed by atoms with Crippen LogP contribution in [0.15, 0.2) is 18.2 Å². The Morgan fingerprint density at radius 2 is 2.08 bits per heavy atom. The largest absolute Gasteiger partial charge is 0.496 e. The molecule has 0 heterocycles. The second-order valence-corrected chi connectivity index (χ2v) is 4.37. The van der Waals surface area contributed by atoms with E-state index in [0.717, 1.165) is 0 Å². The molecule has 0 aromatic heterocycles. The van der Waals surface area contributed by atoms with Gasteiger partial charge in [-0.2, -0.15) is 0 Å². The summed E-state index contributed by atoms with van der Waals surface area (Å²) in [6.07, 6.45) is 0. The highest BCUT2D eigenvalue weighted by molar-refractivity contribution is 7.60. The van der Waals surface area contributed by atoms with Crippen molar-refractivity contribution in [1.29, 1.82) is 0 Å². The van der Waals surface area contributed by atoms with E-state index in [1.165, 1.54) is 25.3 Å². The van der Waals surface area contributed by atoms with Crippen molar-refractivity contribution < 1.29 is 19.1 Å². The third kappa shape index (κ3) is 2.45. The van der Waals surface area contributed by atoms with Crippen LogP contribution in [0.3, 0.4) is 0 Å². The molecule has 0 fully saturated rings. The Morgan fingerprint density at radius 3 is 2.54 bits per heavy atom. The minimum atomic E-state index is -4.31. The molecule has 0 saturated carbocycles. The van der Waals surface area contributed by atoms with E-state index in [0.29, 0.717) is 0 Å². The number of hydrogen-bond donors (Lipinski definition) is 2. The van der Waals surface area contributed by atoms with Crippen molar-refractivity contribution in [3.63, 3.8) is 0 Å². The SMILES string of the molecule is COc1ccc(Cl)cc1P(=O)(O)O. The minimum Gasteiger partial charge on any atom is -0.496 e. The Labute approximate surface area is 80.3 Å². The molecule has 0 aliphatic rings. The van der Waals surface area contributed by atoms with Gasteiger partial charge in [-0.3, -0.25) is 4.57 Å². The van der Waals surface area contributed by atoms with Crippen LogP contribution in [0.4, 0.5) is 0 Å². The molecule has 1 rings (SSSR count). The maximum absolute atomic E-state index is 10.9. The summed E-state index contributed by atoms with van der Waals surface area (Å²) in [6.45, 7) is 0. The molecule has 0 atom stereocenters. The maximum Gasteiger partial charge on any atom is 0.360 e. The molecule has 4 nitrogen and oxygen atoms in total. The van der Waals surface area contributed by atoms with E-state index >= 15 is 0 Å². The first kappa shape index (κ1) is 10.5. The van der Waals surface area contributed by atoms with E-state index in [9.17, 15) is 4.57 Å². The lowest BCUT2D eigenvalue weighted by atomic mass is 10.3. The van der Waals surface area contributed by atoms with Gasteiger partial charge in [0.2, 0.25) is 0 Å². The number of benzene rings is 1. The van der Waals surface area contributed by atoms with Crippen molar-refractivity contribution in [1.82, 2.24) is 0 Å². The minimum absolute atomic E-state index is 0.137. The van der Waals surface area contributed by atoms with Crippen molar-refractivity contribution in [2.45, 2.75) is 0 Å². The average molecular weight is 223 g/mol. The molecule has 0 radical (unpaired) electrons. The smallest absolute Gasteiger partial charge is 0.360 e. The van der Waals surface area contributed by atoms with Crippen LogP contribution in [0, 0.1) is 0 Å². The number of rotatable bonds is 2. The van der Waals surface area contributed by atoms with E-state index in [2.05, 4.69) is 0 Å². The summed E-state index contributed by atoms with van der Waals surface area (Å²) in [7, 11) is -2.97. The molecule has 0 saturated heterocycles. The van der Waals surface area contributed by atoms with E-state index < -0.39 is 7.60 Å². The Kier molecular flexibility index (Phi) is 2.98. The van der Waals surface area contributed by atoms with Crippen LogP contribution in [-0.4, -0.2) is 16.9 Å². The highest BCUT2D eigenvalue weighted by Gasteiger charge is 2.22. The Hall–Kier alpha value is -0.540. The molecule has 0 bridgehead atoms. The van der Waals surface area contributed by atoms with Gasteiger partial charge < -0.3 is 14.5 Å². The lowest BCUT2D eigenvalue weighted by Crippen LogP contribution is -2.07. The van der Waals surface area contributed by atoms with Crippen LogP contribution in [0.1, 0.15) is 0 Å². The predicted octanol–water partition coefficient (Wildman–Crippen LogP) is 1.15. The van der Waals surface area contributed by atoms with E-state index in [1.54, 1.807) is 0 Å². The zero-order valence-corrected chi connectivity index (χ0v) is 8.42. The molecular formula is C7H8ClO4P. The average Bonchev–Trinajstić information content (AvgIpc) is 2.03. The second kappa shape index (κ2) is 3.68. The first-order chi connectivity index (χ1) is 5.95. The van der Waals surface area contributed by atoms with Crippen LogP contribution in [0.25, 0.3) is 0 Å². The molecule has 6 heteroatoms. The number of halogens is 1. The molecule has 2 N–H and O–H groups in total. The van der Waals surface area contributed by atoms with Crippen molar-refractivity contribution >= 4 is 24.5 Å². The normalized spacial score (nSPS) is 11.4. The topological polar surface area (TPSA) is 66.8 Å². The Balaban J connectivity index is 3.33. The van der Waals surface area contributed by atoms with Crippen LogP contribution in [-0.2, 0) is 4.57 Å². The van der Waals surface area contributed by atoms with Gasteiger partial charge in [-0.05, 0) is 18.2 Å². The predicted molar refractivity (Wildman–Crippen MR) is 49.7 cm³/mol. The Bertz CT molecular complexity index is 360. The van der Waals surface area contributed by atoms with Gasteiger partial charge >= 0.3 is 7.60 Å². The molecule has 0 aliphatic carbocycles. The standard InChI is InChI=1S/C7H8ClO4P/c1-12-6-3-2-5(8)4-7(6)13(9,10)11/h2-4H,1H3,(H2,9,10,11). The molecular weight excluding hydrogens is 214 g/mol. The van der Waals surface area contributed by atoms with Gasteiger partial charge in [-0.15, -0.1) is 0 Å². The van der Waals surface area contributed by atoms with Gasteiger partial charge in [0.05, 0.1) is 7.11 Å². The first-order valence-corrected chi connectivity index (χ1v) is 5.34. The molecule has 13 heavy (non-hydrogen) atoms. The number of hydrogen-bond acceptors (Lipinski definition) is 2. The first-order valence-electron chi connectivity index (χ1n) is 3.35. The van der Waals surface area contributed by atoms with E-state index in [1.807, 2.05) is 0 Å². The fourth-order valence-corrected chi connectivity index (χ4v) is 1.90. The molecule has 72 valence electrons. The lowest BCUT2D eigenvalue weighted by Gasteiger charge is -2.09. The summed E-state index contributed by atoms with van der Waals surface area (Å²) in [5.41, 5.74) is 0. The van der Waals surface area contributed by atoms with Gasteiger partial charge in [0, 0.05) is 5.02 Å². The van der Waals surface area contributed by atoms with Crippen LogP contribution >= 0.6 is 19.2 Å². The number of methoxy groups -OCH3 is 1. The fourth-order valence-electron chi connectivity index (χ4n) is 0.891. The van der Waals surface area contributed by atoms with Gasteiger partial charge in [-0.25, -0.2) is 0 Å². The van der Waals surface area contributed by atoms with Crippen molar-refractivity contribution in [3.8, 4) is 5.75 Å². The van der Waals surface area contributed by atoms with Gasteiger partial charge in [0.15, 0.2) is 0 Å². The van der Waals surface area contributed by atoms with Crippen LogP contribution < -0.4 is 10.0 Å². The van der Waals surface area contributed by atoms with Crippen LogP contribution in [0.5, 0.6) is 5.75 Å². The van der Waals surface area contributed by atoms with Gasteiger partial charge in [-0.1, -0.05) is 11.6 Å². The molecule has 0 unspecified atom stereocenters. The molecule has 0 amide bonds. The summed E-state index contributed by atoms with van der Waals surface area (Å²) < 4.78 is 15.7. The summed E-state index contributed by atoms with van der Waals surface area (Å²) in [5.74, 6) is 0.137. The lowest BCUT2D eigenvalue weighted by molar-refractivity contribution is 0.380. The Morgan fingerprint density at radius 1 is 1.46 bits per heavy atom. The molecule has 1 aromatic rings. The van der Waals surface area contributed by atoms with Gasteiger partial charge in [0.25, 0.3) is 0 Å². The third-order valence-corrected chi connectivity index (χ3v) is 2.67. The van der Waals surface area contributed by atoms with E-state index in [-0.39, 0.29) is 16.1 Å². The summed E-state index contributed by atoms with van der Waals surface area (Å²) in [6, 6.07) is 4.11. The molecule has 0 aliphatic heterocycles. The second-order valence-electron chi connectivity index (χ2n) is 2.36. The van der Waals surface area contributed by atoms with Crippen molar-refractivity contribution in [2.24, 2.45) is 0 Å². The quantitative estimate of drug-likeness (QED) is 0.737. The molecule has 0 spiro atoms. The van der Waals surface area contributed by atoms with Gasteiger partial charge in [0.1, 0.15) is 11.1 Å². The summed E-state index contributed by atoms with van der Waals surface area (Å²) >= 11 is 5.58. The highest BCUT2D eigenvalue weighted by atomic mass is 35.5. The maximum atomic E-state index is 10.9. The monoisotopic (exact) mass is 222 g/mol. The van der Waals surface area contributed by atoms with E-state index in [4.69, 9.17) is 26.1 Å². The number of ether oxygens (including phenoxy) is 1. The van der Waals surface area contributed by atoms with Crippen molar-refractivity contribution in [2.75, 3.05) is 7.11 Å². The summed E-state index contributed by atoms with van der Waals surface area (Å²) in [5, 5.41) is 0.0709. The zero-order chi connectivity index (χ0) is 10.1. The van der Waals surface area contributed by atoms with Crippen LogP contribution in [0.2, 0.25) is 5.02 Å². The molecule has 1 aromatic carbocycles. The zero-order valence-electron chi connectivity index (χ0n) is 6.77. The highest BCUT2D eigenvalue weighted by Crippen LogP contribution is 2.38. The fraction of sp³-hybridized carbons (Fsp3) is 0.143.